The predicted octanol–water partition coefficient (Wildman–Crippen LogP) is 4.24. The number of nitrogens with zero attached hydrogens (tertiary/aromatic N) is 3. The fourth-order valence-electron chi connectivity index (χ4n) is 5.86. The maximum Gasteiger partial charge on any atom is 0.410 e. The average Bonchev–Trinajstić information content (AvgIpc) is 3.36. The number of benzene rings is 1. The maximum absolute atomic E-state index is 12.4. The molecule has 2 aromatic rings. The summed E-state index contributed by atoms with van der Waals surface area (Å²) in [6.45, 7) is 6.98. The van der Waals surface area contributed by atoms with E-state index < -0.39 is 5.60 Å². The summed E-state index contributed by atoms with van der Waals surface area (Å²) in [5.41, 5.74) is 3.07. The molecular weight excluding hydrogens is 378 g/mol. The highest BCUT2D eigenvalue weighted by molar-refractivity contribution is 5.69. The Hall–Kier alpha value is -2.34. The summed E-state index contributed by atoms with van der Waals surface area (Å²) in [4.78, 5) is 18.6. The zero-order valence-electron chi connectivity index (χ0n) is 18.0. The lowest BCUT2D eigenvalue weighted by atomic mass is 9.73. The molecule has 1 aromatic heterocycles. The van der Waals surface area contributed by atoms with E-state index >= 15 is 0 Å². The molecule has 0 unspecified atom stereocenters. The van der Waals surface area contributed by atoms with Gasteiger partial charge >= 0.3 is 6.09 Å². The Labute approximate surface area is 177 Å². The minimum Gasteiger partial charge on any atom is -0.444 e. The average molecular weight is 410 g/mol. The third-order valence-corrected chi connectivity index (χ3v) is 7.35. The molecule has 1 amide bonds. The highest BCUT2D eigenvalue weighted by atomic mass is 16.6. The van der Waals surface area contributed by atoms with Gasteiger partial charge in [-0.3, -0.25) is 0 Å². The van der Waals surface area contributed by atoms with Crippen LogP contribution >= 0.6 is 0 Å². The number of aliphatic hydroxyl groups is 1. The molecule has 160 valence electrons. The smallest absolute Gasteiger partial charge is 0.410 e. The van der Waals surface area contributed by atoms with Gasteiger partial charge < -0.3 is 19.3 Å². The number of ether oxygens (including phenoxy) is 1. The molecule has 0 bridgehead atoms. The first-order chi connectivity index (χ1) is 14.3. The summed E-state index contributed by atoms with van der Waals surface area (Å²) in [6, 6.07) is 8.63. The van der Waals surface area contributed by atoms with Gasteiger partial charge in [0.05, 0.1) is 30.4 Å². The molecule has 5 rings (SSSR count). The first kappa shape index (κ1) is 19.6. The number of aromatic nitrogens is 2. The van der Waals surface area contributed by atoms with Crippen LogP contribution in [0, 0.1) is 11.3 Å². The van der Waals surface area contributed by atoms with Gasteiger partial charge in [0.25, 0.3) is 0 Å². The number of imidazole rings is 1. The van der Waals surface area contributed by atoms with E-state index in [1.165, 1.54) is 11.1 Å². The van der Waals surface area contributed by atoms with Crippen molar-refractivity contribution in [3.8, 4) is 11.3 Å². The SMILES string of the molecule is CC(C)(C)OC(=O)N1CCC2(CC[C@@H]([C@H]3c4ccccc4-c4cncn43)[C@@H]2O)CC1. The summed E-state index contributed by atoms with van der Waals surface area (Å²) in [5, 5.41) is 11.6. The van der Waals surface area contributed by atoms with Crippen molar-refractivity contribution in [1.82, 2.24) is 14.5 Å². The number of amides is 1. The lowest BCUT2D eigenvalue weighted by molar-refractivity contribution is -0.0341. The van der Waals surface area contributed by atoms with Crippen molar-refractivity contribution in [1.29, 1.82) is 0 Å². The number of piperidine rings is 1. The van der Waals surface area contributed by atoms with Crippen LogP contribution in [0.25, 0.3) is 11.3 Å². The zero-order chi connectivity index (χ0) is 21.1. The highest BCUT2D eigenvalue weighted by Gasteiger charge is 2.53. The van der Waals surface area contributed by atoms with Gasteiger partial charge in [0, 0.05) is 30.0 Å². The summed E-state index contributed by atoms with van der Waals surface area (Å²) in [6.07, 6.45) is 6.86. The van der Waals surface area contributed by atoms with Crippen molar-refractivity contribution >= 4 is 6.09 Å². The van der Waals surface area contributed by atoms with Gasteiger partial charge in [-0.15, -0.1) is 0 Å². The molecule has 1 N–H and O–H groups in total. The lowest BCUT2D eigenvalue weighted by Crippen LogP contribution is -2.48. The van der Waals surface area contributed by atoms with Crippen molar-refractivity contribution in [3.63, 3.8) is 0 Å². The van der Waals surface area contributed by atoms with Gasteiger partial charge in [0.1, 0.15) is 5.60 Å². The second-order valence-electron chi connectivity index (χ2n) is 10.2. The number of aliphatic hydroxyl groups excluding tert-OH is 1. The molecule has 3 aliphatic rings. The number of hydrogen-bond donors (Lipinski definition) is 1. The van der Waals surface area contributed by atoms with E-state index in [2.05, 4.69) is 33.8 Å². The predicted molar refractivity (Wildman–Crippen MR) is 114 cm³/mol. The molecule has 2 aliphatic heterocycles. The Morgan fingerprint density at radius 3 is 2.67 bits per heavy atom. The summed E-state index contributed by atoms with van der Waals surface area (Å²) in [7, 11) is 0. The van der Waals surface area contributed by atoms with Crippen LogP contribution < -0.4 is 0 Å². The van der Waals surface area contributed by atoms with E-state index in [4.69, 9.17) is 4.74 Å². The molecule has 1 saturated heterocycles. The van der Waals surface area contributed by atoms with E-state index in [-0.39, 0.29) is 29.6 Å². The van der Waals surface area contributed by atoms with E-state index in [1.54, 1.807) is 4.90 Å². The van der Waals surface area contributed by atoms with E-state index in [0.717, 1.165) is 31.4 Å². The van der Waals surface area contributed by atoms with E-state index in [1.807, 2.05) is 33.3 Å². The third kappa shape index (κ3) is 3.04. The first-order valence-corrected chi connectivity index (χ1v) is 11.1. The van der Waals surface area contributed by atoms with Crippen LogP contribution in [-0.4, -0.2) is 50.4 Å². The van der Waals surface area contributed by atoms with Crippen LogP contribution in [-0.2, 0) is 4.74 Å². The molecule has 6 heteroatoms. The first-order valence-electron chi connectivity index (χ1n) is 11.1. The number of rotatable bonds is 1. The Morgan fingerprint density at radius 1 is 1.20 bits per heavy atom. The third-order valence-electron chi connectivity index (χ3n) is 7.35. The van der Waals surface area contributed by atoms with Crippen molar-refractivity contribution in [3.05, 3.63) is 42.4 Å². The molecule has 2 fully saturated rings. The van der Waals surface area contributed by atoms with Gasteiger partial charge in [-0.1, -0.05) is 24.3 Å². The lowest BCUT2D eigenvalue weighted by Gasteiger charge is -2.43. The number of fused-ring (bicyclic) bond motifs is 3. The Morgan fingerprint density at radius 2 is 1.93 bits per heavy atom. The molecule has 30 heavy (non-hydrogen) atoms. The molecule has 1 spiro atoms. The van der Waals surface area contributed by atoms with Crippen LogP contribution in [0.4, 0.5) is 4.79 Å². The number of carbonyl (C=O) groups excluding carboxylic acids is 1. The van der Waals surface area contributed by atoms with Crippen LogP contribution in [0.3, 0.4) is 0 Å². The van der Waals surface area contributed by atoms with Crippen LogP contribution in [0.2, 0.25) is 0 Å². The summed E-state index contributed by atoms with van der Waals surface area (Å²) in [5.74, 6) is 0.162. The van der Waals surface area contributed by atoms with Gasteiger partial charge in [0.15, 0.2) is 0 Å². The molecule has 1 aromatic carbocycles. The zero-order valence-corrected chi connectivity index (χ0v) is 18.0. The van der Waals surface area contributed by atoms with E-state index in [0.29, 0.717) is 13.1 Å². The molecule has 0 radical (unpaired) electrons. The van der Waals surface area contributed by atoms with Crippen molar-refractivity contribution in [2.45, 2.75) is 64.2 Å². The van der Waals surface area contributed by atoms with Crippen molar-refractivity contribution in [2.75, 3.05) is 13.1 Å². The van der Waals surface area contributed by atoms with Gasteiger partial charge in [0.2, 0.25) is 0 Å². The van der Waals surface area contributed by atoms with Crippen molar-refractivity contribution < 1.29 is 14.6 Å². The van der Waals surface area contributed by atoms with Crippen molar-refractivity contribution in [2.24, 2.45) is 11.3 Å². The maximum atomic E-state index is 12.4. The Balaban J connectivity index is 1.34. The number of carbonyl (C=O) groups is 1. The molecule has 3 heterocycles. The van der Waals surface area contributed by atoms with Crippen LogP contribution in [0.15, 0.2) is 36.8 Å². The minimum atomic E-state index is -0.484. The quantitative estimate of drug-likeness (QED) is 0.765. The largest absolute Gasteiger partial charge is 0.444 e. The molecule has 1 saturated carbocycles. The summed E-state index contributed by atoms with van der Waals surface area (Å²) < 4.78 is 7.78. The van der Waals surface area contributed by atoms with Gasteiger partial charge in [-0.25, -0.2) is 9.78 Å². The monoisotopic (exact) mass is 409 g/mol. The molecular formula is C24H31N3O3. The minimum absolute atomic E-state index is 0.110. The van der Waals surface area contributed by atoms with E-state index in [9.17, 15) is 9.90 Å². The molecule has 6 nitrogen and oxygen atoms in total. The normalized spacial score (nSPS) is 27.2. The fourth-order valence-corrected chi connectivity index (χ4v) is 5.86. The Bertz CT molecular complexity index is 953. The van der Waals surface area contributed by atoms with Crippen LogP contribution in [0.1, 0.15) is 58.1 Å². The standard InChI is InChI=1S/C24H31N3O3/c1-23(2,3)30-22(29)26-12-10-24(11-13-26)9-8-18(21(24)28)20-17-7-5-4-6-16(17)19-14-25-15-27(19)20/h4-7,14-15,18,20-21,28H,8-13H2,1-3H3/t18-,20+,21-/m0/s1. The number of hydrogen-bond acceptors (Lipinski definition) is 4. The topological polar surface area (TPSA) is 67.6 Å². The van der Waals surface area contributed by atoms with Gasteiger partial charge in [-0.2, -0.15) is 0 Å². The Kier molecular flexibility index (Phi) is 4.47. The second kappa shape index (κ2) is 6.84. The number of likely N-dealkylation sites (tertiary alicyclic amines) is 1. The fraction of sp³-hybridized carbons (Fsp3) is 0.583. The second-order valence-corrected chi connectivity index (χ2v) is 10.2. The highest BCUT2D eigenvalue weighted by Crippen LogP contribution is 2.55. The van der Waals surface area contributed by atoms with Crippen LogP contribution in [0.5, 0.6) is 0 Å². The molecule has 1 aliphatic carbocycles. The van der Waals surface area contributed by atoms with Gasteiger partial charge in [-0.05, 0) is 52.0 Å². The molecule has 3 atom stereocenters. The summed E-state index contributed by atoms with van der Waals surface area (Å²) >= 11 is 0.